The Labute approximate surface area is 134 Å². The van der Waals surface area contributed by atoms with Crippen LogP contribution in [0.25, 0.3) is 0 Å². The van der Waals surface area contributed by atoms with Crippen LogP contribution in [0.1, 0.15) is 38.8 Å². The van der Waals surface area contributed by atoms with Crippen molar-refractivity contribution in [1.29, 1.82) is 0 Å². The monoisotopic (exact) mass is 303 g/mol. The standard InChI is InChI=1S/C18H29N3O/c1-4-20(5-2)16-11-12-21(13-16)18(22)14(3)17(19)15-9-7-6-8-10-15/h6-10,14,16-17H,4-5,11-13,19H2,1-3H3. The molecule has 1 amide bonds. The maximum absolute atomic E-state index is 12.7. The fourth-order valence-corrected chi connectivity index (χ4v) is 3.39. The summed E-state index contributed by atoms with van der Waals surface area (Å²) in [5.74, 6) is 0.00358. The number of benzene rings is 1. The number of carbonyl (C=O) groups excluding carboxylic acids is 1. The molecule has 4 heteroatoms. The van der Waals surface area contributed by atoms with Gasteiger partial charge in [0, 0.05) is 25.2 Å². The highest BCUT2D eigenvalue weighted by Crippen LogP contribution is 2.24. The number of likely N-dealkylation sites (tertiary alicyclic amines) is 1. The Morgan fingerprint density at radius 2 is 1.95 bits per heavy atom. The largest absolute Gasteiger partial charge is 0.341 e. The van der Waals surface area contributed by atoms with E-state index in [-0.39, 0.29) is 17.9 Å². The molecule has 2 rings (SSSR count). The first kappa shape index (κ1) is 17.0. The topological polar surface area (TPSA) is 49.6 Å². The number of likely N-dealkylation sites (N-methyl/N-ethyl adjacent to an activating group) is 1. The first-order valence-electron chi connectivity index (χ1n) is 8.41. The van der Waals surface area contributed by atoms with Crippen LogP contribution in [0.4, 0.5) is 0 Å². The molecule has 1 aliphatic rings. The lowest BCUT2D eigenvalue weighted by molar-refractivity contribution is -0.134. The van der Waals surface area contributed by atoms with Gasteiger partial charge in [-0.2, -0.15) is 0 Å². The lowest BCUT2D eigenvalue weighted by Crippen LogP contribution is -2.41. The molecule has 22 heavy (non-hydrogen) atoms. The van der Waals surface area contributed by atoms with Gasteiger partial charge in [0.05, 0.1) is 5.92 Å². The number of nitrogens with zero attached hydrogens (tertiary/aromatic N) is 2. The van der Waals surface area contributed by atoms with Crippen LogP contribution >= 0.6 is 0 Å². The second-order valence-corrected chi connectivity index (χ2v) is 6.17. The van der Waals surface area contributed by atoms with Crippen molar-refractivity contribution in [1.82, 2.24) is 9.80 Å². The summed E-state index contributed by atoms with van der Waals surface area (Å²) in [5.41, 5.74) is 7.33. The van der Waals surface area contributed by atoms with Crippen molar-refractivity contribution in [2.24, 2.45) is 11.7 Å². The van der Waals surface area contributed by atoms with Gasteiger partial charge in [0.25, 0.3) is 0 Å². The third-order valence-corrected chi connectivity index (χ3v) is 4.92. The number of carbonyl (C=O) groups is 1. The molecule has 3 atom stereocenters. The van der Waals surface area contributed by atoms with Gasteiger partial charge in [-0.3, -0.25) is 9.69 Å². The van der Waals surface area contributed by atoms with Crippen LogP contribution in [0.5, 0.6) is 0 Å². The van der Waals surface area contributed by atoms with Crippen molar-refractivity contribution in [3.8, 4) is 0 Å². The average Bonchev–Trinajstić information content (AvgIpc) is 3.04. The van der Waals surface area contributed by atoms with Crippen LogP contribution in [0.2, 0.25) is 0 Å². The van der Waals surface area contributed by atoms with E-state index in [1.165, 1.54) is 0 Å². The number of amides is 1. The molecule has 2 N–H and O–H groups in total. The van der Waals surface area contributed by atoms with E-state index < -0.39 is 0 Å². The Morgan fingerprint density at radius 3 is 2.55 bits per heavy atom. The van der Waals surface area contributed by atoms with E-state index >= 15 is 0 Å². The minimum Gasteiger partial charge on any atom is -0.341 e. The van der Waals surface area contributed by atoms with Gasteiger partial charge in [0.2, 0.25) is 5.91 Å². The third-order valence-electron chi connectivity index (χ3n) is 4.92. The zero-order valence-corrected chi connectivity index (χ0v) is 14.0. The molecule has 1 aromatic rings. The average molecular weight is 303 g/mol. The Hall–Kier alpha value is -1.39. The summed E-state index contributed by atoms with van der Waals surface area (Å²) in [4.78, 5) is 17.2. The summed E-state index contributed by atoms with van der Waals surface area (Å²) in [6.45, 7) is 10.1. The summed E-state index contributed by atoms with van der Waals surface area (Å²) >= 11 is 0. The molecule has 1 fully saturated rings. The number of nitrogens with two attached hydrogens (primary N) is 1. The SMILES string of the molecule is CCN(CC)C1CCN(C(=O)C(C)C(N)c2ccccc2)C1. The van der Waals surface area contributed by atoms with Crippen LogP contribution < -0.4 is 5.73 Å². The molecule has 1 saturated heterocycles. The zero-order chi connectivity index (χ0) is 16.1. The van der Waals surface area contributed by atoms with E-state index in [2.05, 4.69) is 18.7 Å². The van der Waals surface area contributed by atoms with Gasteiger partial charge < -0.3 is 10.6 Å². The lowest BCUT2D eigenvalue weighted by atomic mass is 9.94. The minimum atomic E-state index is -0.235. The summed E-state index contributed by atoms with van der Waals surface area (Å²) < 4.78 is 0. The predicted octanol–water partition coefficient (Wildman–Crippen LogP) is 2.27. The molecule has 1 aromatic carbocycles. The van der Waals surface area contributed by atoms with Crippen molar-refractivity contribution in [3.05, 3.63) is 35.9 Å². The van der Waals surface area contributed by atoms with Gasteiger partial charge in [-0.1, -0.05) is 51.1 Å². The van der Waals surface area contributed by atoms with E-state index in [1.54, 1.807) is 0 Å². The van der Waals surface area contributed by atoms with Gasteiger partial charge in [0.15, 0.2) is 0 Å². The highest BCUT2D eigenvalue weighted by molar-refractivity contribution is 5.79. The molecule has 122 valence electrons. The number of hydrogen-bond acceptors (Lipinski definition) is 3. The molecule has 4 nitrogen and oxygen atoms in total. The second kappa shape index (κ2) is 7.75. The minimum absolute atomic E-state index is 0.183. The molecule has 3 unspecified atom stereocenters. The molecular formula is C18H29N3O. The fourth-order valence-electron chi connectivity index (χ4n) is 3.39. The van der Waals surface area contributed by atoms with Gasteiger partial charge in [0.1, 0.15) is 0 Å². The highest BCUT2D eigenvalue weighted by atomic mass is 16.2. The summed E-state index contributed by atoms with van der Waals surface area (Å²) in [6, 6.07) is 10.2. The smallest absolute Gasteiger partial charge is 0.227 e. The van der Waals surface area contributed by atoms with Gasteiger partial charge in [-0.15, -0.1) is 0 Å². The van der Waals surface area contributed by atoms with Gasteiger partial charge in [-0.05, 0) is 25.1 Å². The van der Waals surface area contributed by atoms with Gasteiger partial charge >= 0.3 is 0 Å². The second-order valence-electron chi connectivity index (χ2n) is 6.17. The maximum atomic E-state index is 12.7. The van der Waals surface area contributed by atoms with E-state index in [0.29, 0.717) is 6.04 Å². The fraction of sp³-hybridized carbons (Fsp3) is 0.611. The first-order valence-corrected chi connectivity index (χ1v) is 8.41. The van der Waals surface area contributed by atoms with Crippen molar-refractivity contribution in [2.45, 2.75) is 39.3 Å². The van der Waals surface area contributed by atoms with Crippen molar-refractivity contribution < 1.29 is 4.79 Å². The Bertz CT molecular complexity index is 472. The number of rotatable bonds is 6. The normalized spacial score (nSPS) is 21.1. The molecule has 0 radical (unpaired) electrons. The molecule has 0 aromatic heterocycles. The Kier molecular flexibility index (Phi) is 5.98. The molecule has 0 aliphatic carbocycles. The molecule has 0 bridgehead atoms. The highest BCUT2D eigenvalue weighted by Gasteiger charge is 2.33. The van der Waals surface area contributed by atoms with Crippen LogP contribution in [-0.2, 0) is 4.79 Å². The maximum Gasteiger partial charge on any atom is 0.227 e. The van der Waals surface area contributed by atoms with Crippen LogP contribution in [-0.4, -0.2) is 47.9 Å². The van der Waals surface area contributed by atoms with Crippen molar-refractivity contribution in [3.63, 3.8) is 0 Å². The van der Waals surface area contributed by atoms with Crippen LogP contribution in [0, 0.1) is 5.92 Å². The van der Waals surface area contributed by atoms with E-state index in [0.717, 1.165) is 38.2 Å². The molecule has 0 spiro atoms. The Balaban J connectivity index is 1.97. The summed E-state index contributed by atoms with van der Waals surface area (Å²) in [5, 5.41) is 0. The molecule has 1 heterocycles. The number of hydrogen-bond donors (Lipinski definition) is 1. The van der Waals surface area contributed by atoms with Crippen LogP contribution in [0.3, 0.4) is 0 Å². The Morgan fingerprint density at radius 1 is 1.32 bits per heavy atom. The summed E-state index contributed by atoms with van der Waals surface area (Å²) in [6.07, 6.45) is 1.07. The van der Waals surface area contributed by atoms with Crippen molar-refractivity contribution in [2.75, 3.05) is 26.2 Å². The van der Waals surface area contributed by atoms with Crippen LogP contribution in [0.15, 0.2) is 30.3 Å². The zero-order valence-electron chi connectivity index (χ0n) is 14.0. The molecule has 1 aliphatic heterocycles. The predicted molar refractivity (Wildman–Crippen MR) is 90.4 cm³/mol. The molecule has 0 saturated carbocycles. The van der Waals surface area contributed by atoms with E-state index in [9.17, 15) is 4.79 Å². The van der Waals surface area contributed by atoms with E-state index in [4.69, 9.17) is 5.73 Å². The van der Waals surface area contributed by atoms with Gasteiger partial charge in [-0.25, -0.2) is 0 Å². The quantitative estimate of drug-likeness (QED) is 0.877. The summed E-state index contributed by atoms with van der Waals surface area (Å²) in [7, 11) is 0. The molecular weight excluding hydrogens is 274 g/mol. The first-order chi connectivity index (χ1) is 10.6. The lowest BCUT2D eigenvalue weighted by Gasteiger charge is -2.28. The van der Waals surface area contributed by atoms with E-state index in [1.807, 2.05) is 42.2 Å². The van der Waals surface area contributed by atoms with Crippen molar-refractivity contribution >= 4 is 5.91 Å². The third kappa shape index (κ3) is 3.68.